The third-order valence-electron chi connectivity index (χ3n) is 5.67. The van der Waals surface area contributed by atoms with E-state index in [-0.39, 0.29) is 18.7 Å². The molecule has 0 saturated carbocycles. The third-order valence-corrected chi connectivity index (χ3v) is 5.67. The van der Waals surface area contributed by atoms with E-state index in [0.29, 0.717) is 6.54 Å². The Kier molecular flexibility index (Phi) is 5.50. The standard InChI is InChI=1S/C22H27N3O3/c1-16-14-18(24-10-12-28-13-11-24)6-7-20(16)23-22(27)25-9-8-17-4-2-3-5-19(17)21(25)15-26/h2-7,14,21,26H,8-13,15H2,1H3,(H,23,27). The molecule has 0 bridgehead atoms. The maximum Gasteiger partial charge on any atom is 0.322 e. The van der Waals surface area contributed by atoms with Crippen molar-refractivity contribution in [3.8, 4) is 0 Å². The Morgan fingerprint density at radius 2 is 1.96 bits per heavy atom. The molecular weight excluding hydrogens is 354 g/mol. The highest BCUT2D eigenvalue weighted by atomic mass is 16.5. The summed E-state index contributed by atoms with van der Waals surface area (Å²) < 4.78 is 5.42. The van der Waals surface area contributed by atoms with E-state index in [2.05, 4.69) is 22.3 Å². The minimum atomic E-state index is -0.308. The summed E-state index contributed by atoms with van der Waals surface area (Å²) in [6.45, 7) is 5.78. The van der Waals surface area contributed by atoms with Crippen LogP contribution in [-0.2, 0) is 11.2 Å². The fourth-order valence-electron chi connectivity index (χ4n) is 4.08. The van der Waals surface area contributed by atoms with Crippen LogP contribution in [0.5, 0.6) is 0 Å². The molecule has 2 N–H and O–H groups in total. The number of carbonyl (C=O) groups excluding carboxylic acids is 1. The quantitative estimate of drug-likeness (QED) is 0.858. The maximum absolute atomic E-state index is 13.0. The molecule has 0 aromatic heterocycles. The third kappa shape index (κ3) is 3.70. The van der Waals surface area contributed by atoms with Crippen molar-refractivity contribution in [3.63, 3.8) is 0 Å². The number of rotatable bonds is 3. The van der Waals surface area contributed by atoms with Gasteiger partial charge in [0, 0.05) is 31.0 Å². The van der Waals surface area contributed by atoms with E-state index in [1.807, 2.05) is 37.3 Å². The molecule has 6 heteroatoms. The second kappa shape index (κ2) is 8.20. The zero-order chi connectivity index (χ0) is 19.5. The second-order valence-corrected chi connectivity index (χ2v) is 7.37. The molecule has 2 aromatic rings. The van der Waals surface area contributed by atoms with Gasteiger partial charge in [0.15, 0.2) is 0 Å². The summed E-state index contributed by atoms with van der Waals surface area (Å²) in [5.74, 6) is 0. The summed E-state index contributed by atoms with van der Waals surface area (Å²) in [6, 6.07) is 13.7. The van der Waals surface area contributed by atoms with Crippen molar-refractivity contribution in [3.05, 3.63) is 59.2 Å². The zero-order valence-corrected chi connectivity index (χ0v) is 16.2. The number of nitrogens with one attached hydrogen (secondary N) is 1. The Labute approximate surface area is 165 Å². The first-order valence-electron chi connectivity index (χ1n) is 9.87. The average Bonchev–Trinajstić information content (AvgIpc) is 2.74. The van der Waals surface area contributed by atoms with E-state index in [0.717, 1.165) is 55.2 Å². The summed E-state index contributed by atoms with van der Waals surface area (Å²) in [5.41, 5.74) is 5.22. The fourth-order valence-corrected chi connectivity index (χ4v) is 4.08. The maximum atomic E-state index is 13.0. The molecular formula is C22H27N3O3. The largest absolute Gasteiger partial charge is 0.394 e. The van der Waals surface area contributed by atoms with Crippen LogP contribution in [0, 0.1) is 6.92 Å². The number of morpholine rings is 1. The number of amides is 2. The van der Waals surface area contributed by atoms with Crippen LogP contribution in [0.1, 0.15) is 22.7 Å². The number of hydrogen-bond donors (Lipinski definition) is 2. The molecule has 2 aromatic carbocycles. The van der Waals surface area contributed by atoms with Gasteiger partial charge in [0.05, 0.1) is 25.9 Å². The zero-order valence-electron chi connectivity index (χ0n) is 16.2. The van der Waals surface area contributed by atoms with Crippen molar-refractivity contribution in [2.24, 2.45) is 0 Å². The molecule has 1 saturated heterocycles. The highest BCUT2D eigenvalue weighted by Crippen LogP contribution is 2.30. The molecule has 0 spiro atoms. The van der Waals surface area contributed by atoms with Crippen LogP contribution in [0.15, 0.2) is 42.5 Å². The number of urea groups is 1. The first kappa shape index (κ1) is 18.8. The summed E-state index contributed by atoms with van der Waals surface area (Å²) in [6.07, 6.45) is 0.801. The second-order valence-electron chi connectivity index (χ2n) is 7.37. The van der Waals surface area contributed by atoms with Crippen LogP contribution in [-0.4, -0.2) is 55.5 Å². The molecule has 28 heavy (non-hydrogen) atoms. The Morgan fingerprint density at radius 3 is 2.71 bits per heavy atom. The molecule has 0 radical (unpaired) electrons. The van der Waals surface area contributed by atoms with Crippen LogP contribution in [0.25, 0.3) is 0 Å². The Balaban J connectivity index is 1.49. The number of hydrogen-bond acceptors (Lipinski definition) is 4. The van der Waals surface area contributed by atoms with E-state index in [4.69, 9.17) is 4.74 Å². The van der Waals surface area contributed by atoms with Gasteiger partial charge in [-0.05, 0) is 48.2 Å². The lowest BCUT2D eigenvalue weighted by molar-refractivity contribution is 0.122. The number of ether oxygens (including phenoxy) is 1. The Hall–Kier alpha value is -2.57. The lowest BCUT2D eigenvalue weighted by Crippen LogP contribution is -2.44. The highest BCUT2D eigenvalue weighted by Gasteiger charge is 2.30. The lowest BCUT2D eigenvalue weighted by atomic mass is 9.93. The van der Waals surface area contributed by atoms with Crippen LogP contribution in [0.2, 0.25) is 0 Å². The van der Waals surface area contributed by atoms with E-state index in [1.165, 1.54) is 5.56 Å². The number of carbonyl (C=O) groups is 1. The van der Waals surface area contributed by atoms with Gasteiger partial charge in [-0.1, -0.05) is 24.3 Å². The van der Waals surface area contributed by atoms with Gasteiger partial charge in [-0.2, -0.15) is 0 Å². The predicted molar refractivity (Wildman–Crippen MR) is 110 cm³/mol. The topological polar surface area (TPSA) is 65.0 Å². The summed E-state index contributed by atoms with van der Waals surface area (Å²) in [4.78, 5) is 17.0. The van der Waals surface area contributed by atoms with Crippen LogP contribution >= 0.6 is 0 Å². The first-order valence-corrected chi connectivity index (χ1v) is 9.87. The van der Waals surface area contributed by atoms with E-state index < -0.39 is 0 Å². The monoisotopic (exact) mass is 381 g/mol. The van der Waals surface area contributed by atoms with E-state index in [9.17, 15) is 9.90 Å². The van der Waals surface area contributed by atoms with Gasteiger partial charge in [-0.3, -0.25) is 0 Å². The summed E-state index contributed by atoms with van der Waals surface area (Å²) in [7, 11) is 0. The number of anilines is 2. The number of fused-ring (bicyclic) bond motifs is 1. The van der Waals surface area contributed by atoms with Crippen molar-refractivity contribution < 1.29 is 14.6 Å². The first-order chi connectivity index (χ1) is 13.7. The van der Waals surface area contributed by atoms with Gasteiger partial charge in [-0.15, -0.1) is 0 Å². The van der Waals surface area contributed by atoms with Gasteiger partial charge in [0.2, 0.25) is 0 Å². The van der Waals surface area contributed by atoms with Crippen molar-refractivity contribution in [1.82, 2.24) is 4.90 Å². The minimum Gasteiger partial charge on any atom is -0.394 e. The van der Waals surface area contributed by atoms with Crippen molar-refractivity contribution in [1.29, 1.82) is 0 Å². The molecule has 1 atom stereocenters. The molecule has 0 aliphatic carbocycles. The highest BCUT2D eigenvalue weighted by molar-refractivity contribution is 5.91. The summed E-state index contributed by atoms with van der Waals surface area (Å²) in [5, 5.41) is 13.0. The van der Waals surface area contributed by atoms with Crippen LogP contribution < -0.4 is 10.2 Å². The van der Waals surface area contributed by atoms with Gasteiger partial charge >= 0.3 is 6.03 Å². The number of nitrogens with zero attached hydrogens (tertiary/aromatic N) is 2. The molecule has 2 aliphatic rings. The Bertz CT molecular complexity index is 849. The molecule has 4 rings (SSSR count). The molecule has 2 aliphatic heterocycles. The Morgan fingerprint density at radius 1 is 1.18 bits per heavy atom. The van der Waals surface area contributed by atoms with Crippen LogP contribution in [0.4, 0.5) is 16.2 Å². The smallest absolute Gasteiger partial charge is 0.322 e. The predicted octanol–water partition coefficient (Wildman–Crippen LogP) is 2.96. The fraction of sp³-hybridized carbons (Fsp3) is 0.409. The number of aliphatic hydroxyl groups is 1. The van der Waals surface area contributed by atoms with Gasteiger partial charge in [0.25, 0.3) is 0 Å². The minimum absolute atomic E-state index is 0.0839. The van der Waals surface area contributed by atoms with Gasteiger partial charge in [-0.25, -0.2) is 4.79 Å². The number of aryl methyl sites for hydroxylation is 1. The molecule has 2 amide bonds. The van der Waals surface area contributed by atoms with E-state index in [1.54, 1.807) is 4.90 Å². The van der Waals surface area contributed by atoms with Crippen molar-refractivity contribution >= 4 is 17.4 Å². The molecule has 1 unspecified atom stereocenters. The number of benzene rings is 2. The molecule has 1 fully saturated rings. The van der Waals surface area contributed by atoms with Gasteiger partial charge < -0.3 is 25.0 Å². The van der Waals surface area contributed by atoms with E-state index >= 15 is 0 Å². The molecule has 6 nitrogen and oxygen atoms in total. The average molecular weight is 381 g/mol. The SMILES string of the molecule is Cc1cc(N2CCOCC2)ccc1NC(=O)N1CCc2ccccc2C1CO. The molecule has 2 heterocycles. The number of aliphatic hydroxyl groups excluding tert-OH is 1. The van der Waals surface area contributed by atoms with Crippen molar-refractivity contribution in [2.45, 2.75) is 19.4 Å². The van der Waals surface area contributed by atoms with Crippen LogP contribution in [0.3, 0.4) is 0 Å². The summed E-state index contributed by atoms with van der Waals surface area (Å²) >= 11 is 0. The lowest BCUT2D eigenvalue weighted by Gasteiger charge is -2.36. The molecule has 148 valence electrons. The normalized spacial score (nSPS) is 19.3. The van der Waals surface area contributed by atoms with Crippen molar-refractivity contribution in [2.75, 3.05) is 49.7 Å². The van der Waals surface area contributed by atoms with Gasteiger partial charge in [0.1, 0.15) is 0 Å².